The van der Waals surface area contributed by atoms with Crippen molar-refractivity contribution >= 4 is 39.5 Å². The Kier molecular flexibility index (Phi) is 6.12. The number of hydrogen-bond donors (Lipinski definition) is 2. The first-order valence-electron chi connectivity index (χ1n) is 11.1. The molecule has 5 rings (SSSR count). The molecule has 3 amide bonds. The lowest BCUT2D eigenvalue weighted by atomic mass is 10.2. The zero-order valence-electron chi connectivity index (χ0n) is 18.8. The molecule has 2 N–H and O–H groups in total. The lowest BCUT2D eigenvalue weighted by Crippen LogP contribution is -2.46. The van der Waals surface area contributed by atoms with E-state index in [1.165, 1.54) is 0 Å². The van der Waals surface area contributed by atoms with E-state index in [0.717, 1.165) is 24.2 Å². The molecule has 0 aliphatic carbocycles. The number of nitrogens with zero attached hydrogens (tertiary/aromatic N) is 2. The minimum Gasteiger partial charge on any atom is -0.486 e. The van der Waals surface area contributed by atoms with Gasteiger partial charge in [-0.15, -0.1) is 11.3 Å². The fourth-order valence-corrected chi connectivity index (χ4v) is 5.13. The highest BCUT2D eigenvalue weighted by molar-refractivity contribution is 7.20. The predicted octanol–water partition coefficient (Wildman–Crippen LogP) is 1.54. The summed E-state index contributed by atoms with van der Waals surface area (Å²) >= 11 is 1.06. The summed E-state index contributed by atoms with van der Waals surface area (Å²) in [5.41, 5.74) is 0.310. The molecule has 0 spiro atoms. The molecule has 0 saturated heterocycles. The van der Waals surface area contributed by atoms with Gasteiger partial charge < -0.3 is 19.5 Å². The van der Waals surface area contributed by atoms with E-state index in [2.05, 4.69) is 15.6 Å². The number of aryl methyl sites for hydroxylation is 2. The standard InChI is InChI=1S/C23H22N4O7S/c1-12-18-20(25-16-7-4-8-27(16)21(18)29)35-19(12)22(30)33-11-17(28)26-23(31)24-9-13-10-32-14-5-2-3-6-15(14)34-13/h2-3,5-6,13H,4,7-11H2,1H3,(H2,24,26,28,31). The van der Waals surface area contributed by atoms with Crippen LogP contribution in [0, 0.1) is 6.92 Å². The highest BCUT2D eigenvalue weighted by atomic mass is 32.1. The van der Waals surface area contributed by atoms with Crippen molar-refractivity contribution in [2.24, 2.45) is 0 Å². The van der Waals surface area contributed by atoms with Crippen LogP contribution in [0.2, 0.25) is 0 Å². The molecule has 2 aliphatic rings. The third-order valence-corrected chi connectivity index (χ3v) is 6.91. The lowest BCUT2D eigenvalue weighted by Gasteiger charge is -2.26. The molecule has 11 nitrogen and oxygen atoms in total. The van der Waals surface area contributed by atoms with Crippen molar-refractivity contribution in [2.45, 2.75) is 32.4 Å². The number of amides is 3. The van der Waals surface area contributed by atoms with Crippen LogP contribution in [0.25, 0.3) is 10.2 Å². The van der Waals surface area contributed by atoms with Gasteiger partial charge in [0.1, 0.15) is 22.1 Å². The van der Waals surface area contributed by atoms with Gasteiger partial charge in [0.25, 0.3) is 11.5 Å². The monoisotopic (exact) mass is 498 g/mol. The van der Waals surface area contributed by atoms with E-state index in [0.29, 0.717) is 39.6 Å². The third kappa shape index (κ3) is 4.56. The first-order valence-corrected chi connectivity index (χ1v) is 11.9. The average Bonchev–Trinajstić information content (AvgIpc) is 3.46. The van der Waals surface area contributed by atoms with Crippen molar-refractivity contribution in [3.05, 3.63) is 50.9 Å². The fourth-order valence-electron chi connectivity index (χ4n) is 4.04. The maximum atomic E-state index is 12.8. The number of urea groups is 1. The predicted molar refractivity (Wildman–Crippen MR) is 125 cm³/mol. The van der Waals surface area contributed by atoms with E-state index in [-0.39, 0.29) is 23.6 Å². The Morgan fingerprint density at radius 1 is 1.26 bits per heavy atom. The number of para-hydroxylation sites is 2. The van der Waals surface area contributed by atoms with Crippen molar-refractivity contribution < 1.29 is 28.6 Å². The second kappa shape index (κ2) is 9.37. The second-order valence-corrected chi connectivity index (χ2v) is 9.16. The zero-order valence-corrected chi connectivity index (χ0v) is 19.6. The van der Waals surface area contributed by atoms with Gasteiger partial charge in [0, 0.05) is 13.0 Å². The number of imide groups is 1. The molecule has 182 valence electrons. The summed E-state index contributed by atoms with van der Waals surface area (Å²) in [6, 6.07) is 6.44. The number of aromatic nitrogens is 2. The smallest absolute Gasteiger partial charge is 0.349 e. The molecule has 12 heteroatoms. The number of rotatable bonds is 5. The molecule has 2 aliphatic heterocycles. The highest BCUT2D eigenvalue weighted by Crippen LogP contribution is 2.31. The number of hydrogen-bond acceptors (Lipinski definition) is 9. The number of fused-ring (bicyclic) bond motifs is 3. The van der Waals surface area contributed by atoms with Crippen LogP contribution in [0.5, 0.6) is 11.5 Å². The highest BCUT2D eigenvalue weighted by Gasteiger charge is 2.25. The Morgan fingerprint density at radius 2 is 2.06 bits per heavy atom. The molecular weight excluding hydrogens is 476 g/mol. The van der Waals surface area contributed by atoms with Crippen LogP contribution >= 0.6 is 11.3 Å². The number of benzene rings is 1. The molecule has 1 unspecified atom stereocenters. The molecule has 1 atom stereocenters. The molecule has 0 radical (unpaired) electrons. The van der Waals surface area contributed by atoms with Crippen molar-refractivity contribution in [2.75, 3.05) is 19.8 Å². The van der Waals surface area contributed by atoms with Crippen LogP contribution in [0.15, 0.2) is 29.1 Å². The number of carbonyl (C=O) groups excluding carboxylic acids is 3. The number of nitrogens with one attached hydrogen (secondary N) is 2. The van der Waals surface area contributed by atoms with Crippen molar-refractivity contribution in [3.8, 4) is 11.5 Å². The van der Waals surface area contributed by atoms with E-state index >= 15 is 0 Å². The lowest BCUT2D eigenvalue weighted by molar-refractivity contribution is -0.123. The van der Waals surface area contributed by atoms with Gasteiger partial charge in [-0.3, -0.25) is 19.5 Å². The molecule has 2 aromatic heterocycles. The molecule has 3 aromatic rings. The maximum absolute atomic E-state index is 12.8. The van der Waals surface area contributed by atoms with Crippen LogP contribution in [-0.2, 0) is 22.5 Å². The van der Waals surface area contributed by atoms with Gasteiger partial charge in [0.2, 0.25) is 0 Å². The van der Waals surface area contributed by atoms with Gasteiger partial charge in [0.15, 0.2) is 24.2 Å². The first kappa shape index (κ1) is 22.8. The van der Waals surface area contributed by atoms with Gasteiger partial charge in [-0.1, -0.05) is 12.1 Å². The summed E-state index contributed by atoms with van der Waals surface area (Å²) in [5, 5.41) is 5.03. The summed E-state index contributed by atoms with van der Waals surface area (Å²) < 4.78 is 18.0. The third-order valence-electron chi connectivity index (χ3n) is 5.74. The van der Waals surface area contributed by atoms with Crippen molar-refractivity contribution in [1.82, 2.24) is 20.2 Å². The second-order valence-electron chi connectivity index (χ2n) is 8.16. The molecule has 0 saturated carbocycles. The quantitative estimate of drug-likeness (QED) is 0.505. The zero-order chi connectivity index (χ0) is 24.5. The Bertz CT molecular complexity index is 1400. The van der Waals surface area contributed by atoms with Crippen LogP contribution in [0.4, 0.5) is 4.79 Å². The SMILES string of the molecule is Cc1c(C(=O)OCC(=O)NC(=O)NCC2COc3ccccc3O2)sc2nc3n(c(=O)c12)CCC3. The summed E-state index contributed by atoms with van der Waals surface area (Å²) in [6.45, 7) is 1.98. The fraction of sp³-hybridized carbons (Fsp3) is 0.348. The Labute approximate surface area is 203 Å². The van der Waals surface area contributed by atoms with E-state index in [9.17, 15) is 19.2 Å². The largest absolute Gasteiger partial charge is 0.486 e. The number of ether oxygens (including phenoxy) is 3. The normalized spacial score (nSPS) is 16.0. The van der Waals surface area contributed by atoms with Gasteiger partial charge in [-0.2, -0.15) is 0 Å². The van der Waals surface area contributed by atoms with E-state index in [4.69, 9.17) is 14.2 Å². The number of thiophene rings is 1. The number of carbonyl (C=O) groups is 3. The molecular formula is C23H22N4O7S. The summed E-state index contributed by atoms with van der Waals surface area (Å²) in [6.07, 6.45) is 1.17. The summed E-state index contributed by atoms with van der Waals surface area (Å²) in [4.78, 5) is 54.6. The molecule has 1 aromatic carbocycles. The first-order chi connectivity index (χ1) is 16.9. The van der Waals surface area contributed by atoms with E-state index in [1.54, 1.807) is 23.6 Å². The van der Waals surface area contributed by atoms with Gasteiger partial charge in [-0.25, -0.2) is 14.6 Å². The summed E-state index contributed by atoms with van der Waals surface area (Å²) in [5.74, 6) is 0.371. The van der Waals surface area contributed by atoms with Crippen molar-refractivity contribution in [1.29, 1.82) is 0 Å². The van der Waals surface area contributed by atoms with E-state index in [1.807, 2.05) is 12.1 Å². The van der Waals surface area contributed by atoms with Gasteiger partial charge in [-0.05, 0) is 31.0 Å². The van der Waals surface area contributed by atoms with Crippen LogP contribution in [0.1, 0.15) is 27.5 Å². The average molecular weight is 499 g/mol. The van der Waals surface area contributed by atoms with Gasteiger partial charge >= 0.3 is 12.0 Å². The molecule has 0 fully saturated rings. The number of esters is 1. The van der Waals surface area contributed by atoms with Crippen LogP contribution in [-0.4, -0.2) is 53.3 Å². The minimum absolute atomic E-state index is 0.112. The van der Waals surface area contributed by atoms with Crippen molar-refractivity contribution in [3.63, 3.8) is 0 Å². The Morgan fingerprint density at radius 3 is 2.89 bits per heavy atom. The summed E-state index contributed by atoms with van der Waals surface area (Å²) in [7, 11) is 0. The maximum Gasteiger partial charge on any atom is 0.349 e. The van der Waals surface area contributed by atoms with Crippen LogP contribution < -0.4 is 25.7 Å². The minimum atomic E-state index is -0.794. The van der Waals surface area contributed by atoms with Gasteiger partial charge in [0.05, 0.1) is 11.9 Å². The Hall–Kier alpha value is -3.93. The molecule has 4 heterocycles. The van der Waals surface area contributed by atoms with Crippen LogP contribution in [0.3, 0.4) is 0 Å². The Balaban J connectivity index is 1.12. The topological polar surface area (TPSA) is 138 Å². The van der Waals surface area contributed by atoms with E-state index < -0.39 is 30.6 Å². The molecule has 0 bridgehead atoms. The molecule has 35 heavy (non-hydrogen) atoms.